The molecule has 1 amide bonds. The molecule has 1 N–H and O–H groups in total. The van der Waals surface area contributed by atoms with E-state index in [-0.39, 0.29) is 5.91 Å². The summed E-state index contributed by atoms with van der Waals surface area (Å²) in [6.45, 7) is 0.520. The van der Waals surface area contributed by atoms with E-state index in [2.05, 4.69) is 10.3 Å². The zero-order valence-corrected chi connectivity index (χ0v) is 12.1. The molecule has 0 bridgehead atoms. The third-order valence-electron chi connectivity index (χ3n) is 3.10. The molecule has 1 aromatic carbocycles. The number of rotatable bonds is 4. The van der Waals surface area contributed by atoms with Crippen LogP contribution in [0.15, 0.2) is 66.2 Å². The van der Waals surface area contributed by atoms with Crippen LogP contribution in [0.4, 0.5) is 0 Å². The Labute approximate surface area is 127 Å². The molecule has 0 unspecified atom stereocenters. The van der Waals surface area contributed by atoms with Gasteiger partial charge in [0.2, 0.25) is 0 Å². The van der Waals surface area contributed by atoms with Crippen molar-refractivity contribution in [2.45, 2.75) is 6.54 Å². The largest absolute Gasteiger partial charge is 0.348 e. The molecule has 3 aromatic rings. The molecule has 0 aliphatic carbocycles. The number of hydrogen-bond donors (Lipinski definition) is 1. The summed E-state index contributed by atoms with van der Waals surface area (Å²) in [4.78, 5) is 17.5. The van der Waals surface area contributed by atoms with Gasteiger partial charge in [-0.3, -0.25) is 9.78 Å². The van der Waals surface area contributed by atoms with Gasteiger partial charge in [-0.05, 0) is 29.1 Å². The van der Waals surface area contributed by atoms with Gasteiger partial charge in [0, 0.05) is 12.7 Å². The maximum Gasteiger partial charge on any atom is 0.253 e. The average molecular weight is 294 g/mol. The third kappa shape index (κ3) is 3.35. The Morgan fingerprint density at radius 3 is 2.57 bits per heavy atom. The lowest BCUT2D eigenvalue weighted by Crippen LogP contribution is -2.22. The zero-order chi connectivity index (χ0) is 14.5. The maximum atomic E-state index is 12.1. The first-order chi connectivity index (χ1) is 10.3. The van der Waals surface area contributed by atoms with Crippen LogP contribution < -0.4 is 5.32 Å². The molecule has 2 aromatic heterocycles. The van der Waals surface area contributed by atoms with Crippen molar-refractivity contribution in [2.24, 2.45) is 0 Å². The quantitative estimate of drug-likeness (QED) is 0.796. The Bertz CT molecular complexity index is 706. The lowest BCUT2D eigenvalue weighted by molar-refractivity contribution is 0.0950. The van der Waals surface area contributed by atoms with Crippen LogP contribution >= 0.6 is 11.3 Å². The number of pyridine rings is 1. The highest BCUT2D eigenvalue weighted by atomic mass is 32.1. The SMILES string of the molecule is O=C(NCc1ccccc1)c1ccc(-c2cccs2)nc1. The van der Waals surface area contributed by atoms with Crippen molar-refractivity contribution in [3.8, 4) is 10.6 Å². The van der Waals surface area contributed by atoms with Crippen LogP contribution in [0.5, 0.6) is 0 Å². The Hall–Kier alpha value is -2.46. The van der Waals surface area contributed by atoms with Gasteiger partial charge in [-0.1, -0.05) is 36.4 Å². The molecule has 0 radical (unpaired) electrons. The molecule has 21 heavy (non-hydrogen) atoms. The Balaban J connectivity index is 1.65. The fraction of sp³-hybridized carbons (Fsp3) is 0.0588. The molecule has 4 heteroatoms. The summed E-state index contributed by atoms with van der Waals surface area (Å²) in [5, 5.41) is 4.90. The van der Waals surface area contributed by atoms with Crippen LogP contribution in [-0.2, 0) is 6.54 Å². The maximum absolute atomic E-state index is 12.1. The third-order valence-corrected chi connectivity index (χ3v) is 3.99. The van der Waals surface area contributed by atoms with E-state index in [0.29, 0.717) is 12.1 Å². The first-order valence-corrected chi connectivity index (χ1v) is 7.53. The highest BCUT2D eigenvalue weighted by molar-refractivity contribution is 7.13. The van der Waals surface area contributed by atoms with Crippen molar-refractivity contribution in [2.75, 3.05) is 0 Å². The van der Waals surface area contributed by atoms with E-state index < -0.39 is 0 Å². The summed E-state index contributed by atoms with van der Waals surface area (Å²) in [5.41, 5.74) is 2.55. The molecule has 0 aliphatic rings. The first-order valence-electron chi connectivity index (χ1n) is 6.65. The number of nitrogens with one attached hydrogen (secondary N) is 1. The van der Waals surface area contributed by atoms with Crippen molar-refractivity contribution in [3.05, 3.63) is 77.3 Å². The minimum atomic E-state index is -0.107. The fourth-order valence-corrected chi connectivity index (χ4v) is 2.68. The van der Waals surface area contributed by atoms with Crippen LogP contribution in [0.25, 0.3) is 10.6 Å². The summed E-state index contributed by atoms with van der Waals surface area (Å²) in [7, 11) is 0. The van der Waals surface area contributed by atoms with Gasteiger partial charge in [0.15, 0.2) is 0 Å². The van der Waals surface area contributed by atoms with Crippen molar-refractivity contribution in [1.29, 1.82) is 0 Å². The van der Waals surface area contributed by atoms with Gasteiger partial charge in [-0.15, -0.1) is 11.3 Å². The second-order valence-corrected chi connectivity index (χ2v) is 5.53. The van der Waals surface area contributed by atoms with Gasteiger partial charge in [0.1, 0.15) is 0 Å². The molecule has 0 saturated carbocycles. The molecule has 3 nitrogen and oxygen atoms in total. The van der Waals surface area contributed by atoms with Gasteiger partial charge in [-0.25, -0.2) is 0 Å². The zero-order valence-electron chi connectivity index (χ0n) is 11.3. The van der Waals surface area contributed by atoms with Crippen LogP contribution in [-0.4, -0.2) is 10.9 Å². The van der Waals surface area contributed by atoms with Gasteiger partial charge in [0.05, 0.1) is 16.1 Å². The van der Waals surface area contributed by atoms with Crippen LogP contribution in [0.1, 0.15) is 15.9 Å². The lowest BCUT2D eigenvalue weighted by Gasteiger charge is -2.05. The minimum absolute atomic E-state index is 0.107. The average Bonchev–Trinajstić information content (AvgIpc) is 3.08. The van der Waals surface area contributed by atoms with Crippen LogP contribution in [0.2, 0.25) is 0 Å². The number of carbonyl (C=O) groups excluding carboxylic acids is 1. The van der Waals surface area contributed by atoms with Crippen molar-refractivity contribution < 1.29 is 4.79 Å². The summed E-state index contributed by atoms with van der Waals surface area (Å²) < 4.78 is 0. The summed E-state index contributed by atoms with van der Waals surface area (Å²) in [6, 6.07) is 17.5. The number of benzene rings is 1. The van der Waals surface area contributed by atoms with E-state index in [1.807, 2.05) is 60.0 Å². The number of amides is 1. The first kappa shape index (κ1) is 13.5. The molecular formula is C17H14N2OS. The molecule has 2 heterocycles. The second-order valence-electron chi connectivity index (χ2n) is 4.58. The van der Waals surface area contributed by atoms with Crippen molar-refractivity contribution >= 4 is 17.2 Å². The monoisotopic (exact) mass is 294 g/mol. The molecule has 0 fully saturated rings. The van der Waals surface area contributed by atoms with Gasteiger partial charge in [-0.2, -0.15) is 0 Å². The fourth-order valence-electron chi connectivity index (χ4n) is 1.98. The molecule has 0 aliphatic heterocycles. The van der Waals surface area contributed by atoms with Crippen molar-refractivity contribution in [1.82, 2.24) is 10.3 Å². The number of hydrogen-bond acceptors (Lipinski definition) is 3. The summed E-state index contributed by atoms with van der Waals surface area (Å²) in [6.07, 6.45) is 1.62. The summed E-state index contributed by atoms with van der Waals surface area (Å²) >= 11 is 1.63. The molecule has 104 valence electrons. The highest BCUT2D eigenvalue weighted by Gasteiger charge is 2.07. The topological polar surface area (TPSA) is 42.0 Å². The smallest absolute Gasteiger partial charge is 0.253 e. The number of thiophene rings is 1. The standard InChI is InChI=1S/C17H14N2OS/c20-17(19-11-13-5-2-1-3-6-13)14-8-9-15(18-12-14)16-7-4-10-21-16/h1-10,12H,11H2,(H,19,20). The second kappa shape index (κ2) is 6.33. The minimum Gasteiger partial charge on any atom is -0.348 e. The highest BCUT2D eigenvalue weighted by Crippen LogP contribution is 2.22. The van der Waals surface area contributed by atoms with Gasteiger partial charge in [0.25, 0.3) is 5.91 Å². The molecule has 0 atom stereocenters. The lowest BCUT2D eigenvalue weighted by atomic mass is 10.2. The predicted molar refractivity (Wildman–Crippen MR) is 85.2 cm³/mol. The Kier molecular flexibility index (Phi) is 4.07. The molecule has 0 saturated heterocycles. The Morgan fingerprint density at radius 1 is 1.05 bits per heavy atom. The van der Waals surface area contributed by atoms with Crippen molar-refractivity contribution in [3.63, 3.8) is 0 Å². The Morgan fingerprint density at radius 2 is 1.90 bits per heavy atom. The summed E-state index contributed by atoms with van der Waals surface area (Å²) in [5.74, 6) is -0.107. The number of nitrogens with zero attached hydrogens (tertiary/aromatic N) is 1. The van der Waals surface area contributed by atoms with E-state index in [1.54, 1.807) is 17.5 Å². The van der Waals surface area contributed by atoms with Gasteiger partial charge >= 0.3 is 0 Å². The van der Waals surface area contributed by atoms with E-state index in [1.165, 1.54) is 0 Å². The van der Waals surface area contributed by atoms with E-state index in [4.69, 9.17) is 0 Å². The van der Waals surface area contributed by atoms with E-state index >= 15 is 0 Å². The van der Waals surface area contributed by atoms with Gasteiger partial charge < -0.3 is 5.32 Å². The number of aromatic nitrogens is 1. The van der Waals surface area contributed by atoms with E-state index in [9.17, 15) is 4.79 Å². The molecule has 0 spiro atoms. The molecular weight excluding hydrogens is 280 g/mol. The van der Waals surface area contributed by atoms with Crippen LogP contribution in [0, 0.1) is 0 Å². The number of carbonyl (C=O) groups is 1. The molecule has 3 rings (SSSR count). The normalized spacial score (nSPS) is 10.3. The van der Waals surface area contributed by atoms with E-state index in [0.717, 1.165) is 16.1 Å². The van der Waals surface area contributed by atoms with Crippen LogP contribution in [0.3, 0.4) is 0 Å². The predicted octanol–water partition coefficient (Wildman–Crippen LogP) is 3.74.